The minimum Gasteiger partial charge on any atom is -0.497 e. The van der Waals surface area contributed by atoms with Crippen LogP contribution in [-0.2, 0) is 9.47 Å². The average molecular weight is 189 g/mol. The summed E-state index contributed by atoms with van der Waals surface area (Å²) in [6, 6.07) is 0. The van der Waals surface area contributed by atoms with Crippen LogP contribution < -0.4 is 0 Å². The Morgan fingerprint density at radius 3 is 2.67 bits per heavy atom. The van der Waals surface area contributed by atoms with Crippen LogP contribution in [0.3, 0.4) is 0 Å². The second kappa shape index (κ2) is 3.97. The van der Waals surface area contributed by atoms with Crippen molar-refractivity contribution < 1.29 is 9.47 Å². The summed E-state index contributed by atoms with van der Waals surface area (Å²) in [7, 11) is 3.31. The molecule has 0 aliphatic heterocycles. The summed E-state index contributed by atoms with van der Waals surface area (Å²) in [5.41, 5.74) is -0.330. The predicted octanol–water partition coefficient (Wildman–Crippen LogP) is 2.10. The van der Waals surface area contributed by atoms with E-state index >= 15 is 0 Å². The summed E-state index contributed by atoms with van der Waals surface area (Å²) < 4.78 is 10.4. The van der Waals surface area contributed by atoms with E-state index in [0.717, 1.165) is 12.2 Å². The van der Waals surface area contributed by atoms with Crippen molar-refractivity contribution in [3.63, 3.8) is 0 Å². The van der Waals surface area contributed by atoms with Crippen LogP contribution in [0.1, 0.15) is 6.42 Å². The van der Waals surface area contributed by atoms with E-state index < -0.39 is 0 Å². The van der Waals surface area contributed by atoms with Crippen molar-refractivity contribution in [3.05, 3.63) is 24.0 Å². The van der Waals surface area contributed by atoms with Crippen molar-refractivity contribution >= 4 is 11.6 Å². The molecule has 12 heavy (non-hydrogen) atoms. The van der Waals surface area contributed by atoms with Gasteiger partial charge in [-0.1, -0.05) is 0 Å². The highest BCUT2D eigenvalue weighted by atomic mass is 35.5. The molecule has 1 rings (SSSR count). The fourth-order valence-electron chi connectivity index (χ4n) is 1.10. The Morgan fingerprint density at radius 2 is 2.33 bits per heavy atom. The highest BCUT2D eigenvalue weighted by Gasteiger charge is 2.26. The Morgan fingerprint density at radius 1 is 1.58 bits per heavy atom. The maximum atomic E-state index is 5.78. The van der Waals surface area contributed by atoms with Gasteiger partial charge in [0.05, 0.1) is 13.0 Å². The molecule has 1 atom stereocenters. The number of alkyl halides is 1. The van der Waals surface area contributed by atoms with Crippen LogP contribution in [0.25, 0.3) is 0 Å². The minimum atomic E-state index is -0.330. The van der Waals surface area contributed by atoms with Crippen LogP contribution in [0, 0.1) is 0 Å². The van der Waals surface area contributed by atoms with Crippen molar-refractivity contribution in [1.29, 1.82) is 0 Å². The highest BCUT2D eigenvalue weighted by Crippen LogP contribution is 2.25. The van der Waals surface area contributed by atoms with E-state index in [1.54, 1.807) is 14.2 Å². The summed E-state index contributed by atoms with van der Waals surface area (Å²) in [5, 5.41) is 0. The third-order valence-electron chi connectivity index (χ3n) is 2.07. The number of hydrogen-bond donors (Lipinski definition) is 0. The molecule has 0 N–H and O–H groups in total. The predicted molar refractivity (Wildman–Crippen MR) is 49.3 cm³/mol. The van der Waals surface area contributed by atoms with Gasteiger partial charge in [-0.15, -0.1) is 11.6 Å². The lowest BCUT2D eigenvalue weighted by atomic mass is 9.97. The lowest BCUT2D eigenvalue weighted by Crippen LogP contribution is -2.31. The number of halogens is 1. The number of allylic oxidation sites excluding steroid dienone is 1. The van der Waals surface area contributed by atoms with Gasteiger partial charge >= 0.3 is 0 Å². The van der Waals surface area contributed by atoms with Crippen molar-refractivity contribution in [2.45, 2.75) is 12.0 Å². The van der Waals surface area contributed by atoms with Crippen LogP contribution in [-0.4, -0.2) is 25.7 Å². The molecule has 1 aliphatic rings. The molecule has 0 amide bonds. The van der Waals surface area contributed by atoms with E-state index in [-0.39, 0.29) is 5.60 Å². The first-order valence-corrected chi connectivity index (χ1v) is 4.34. The molecule has 0 heterocycles. The zero-order valence-electron chi connectivity index (χ0n) is 7.34. The standard InChI is InChI=1S/C9H13ClO2/c1-11-8-3-5-9(7-10,12-2)6-4-8/h3-5H,6-7H2,1-2H3. The Balaban J connectivity index is 2.67. The van der Waals surface area contributed by atoms with E-state index in [4.69, 9.17) is 21.1 Å². The first-order chi connectivity index (χ1) is 5.76. The van der Waals surface area contributed by atoms with Gasteiger partial charge in [0.25, 0.3) is 0 Å². The molecule has 0 radical (unpaired) electrons. The fourth-order valence-corrected chi connectivity index (χ4v) is 1.41. The van der Waals surface area contributed by atoms with Crippen molar-refractivity contribution in [3.8, 4) is 0 Å². The largest absolute Gasteiger partial charge is 0.497 e. The summed E-state index contributed by atoms with van der Waals surface area (Å²) in [6.45, 7) is 0. The summed E-state index contributed by atoms with van der Waals surface area (Å²) in [6.07, 6.45) is 6.58. The van der Waals surface area contributed by atoms with Crippen LogP contribution in [0.5, 0.6) is 0 Å². The van der Waals surface area contributed by atoms with Gasteiger partial charge in [-0.25, -0.2) is 0 Å². The van der Waals surface area contributed by atoms with Crippen molar-refractivity contribution in [1.82, 2.24) is 0 Å². The molecule has 0 aromatic rings. The van der Waals surface area contributed by atoms with Gasteiger partial charge in [0.1, 0.15) is 11.4 Å². The Bertz CT molecular complexity index is 205. The monoisotopic (exact) mass is 188 g/mol. The topological polar surface area (TPSA) is 18.5 Å². The second-order valence-corrected chi connectivity index (χ2v) is 3.02. The third-order valence-corrected chi connectivity index (χ3v) is 2.52. The molecule has 0 bridgehead atoms. The second-order valence-electron chi connectivity index (χ2n) is 2.75. The number of methoxy groups -OCH3 is 2. The van der Waals surface area contributed by atoms with E-state index in [9.17, 15) is 0 Å². The zero-order valence-corrected chi connectivity index (χ0v) is 8.10. The molecule has 2 nitrogen and oxygen atoms in total. The summed E-state index contributed by atoms with van der Waals surface area (Å²) in [5.74, 6) is 1.33. The smallest absolute Gasteiger partial charge is 0.114 e. The van der Waals surface area contributed by atoms with E-state index in [2.05, 4.69) is 0 Å². The normalized spacial score (nSPS) is 28.4. The first kappa shape index (κ1) is 9.62. The lowest BCUT2D eigenvalue weighted by Gasteiger charge is -2.28. The molecule has 0 aromatic carbocycles. The van der Waals surface area contributed by atoms with Gasteiger partial charge in [0.15, 0.2) is 0 Å². The number of ether oxygens (including phenoxy) is 2. The van der Waals surface area contributed by atoms with E-state index in [1.165, 1.54) is 0 Å². The SMILES string of the molecule is COC1=CCC(CCl)(OC)C=C1. The maximum Gasteiger partial charge on any atom is 0.114 e. The third kappa shape index (κ3) is 1.82. The molecule has 0 spiro atoms. The van der Waals surface area contributed by atoms with Crippen LogP contribution >= 0.6 is 11.6 Å². The van der Waals surface area contributed by atoms with Crippen LogP contribution in [0.15, 0.2) is 24.0 Å². The average Bonchev–Trinajstić information content (AvgIpc) is 2.18. The van der Waals surface area contributed by atoms with Crippen LogP contribution in [0.4, 0.5) is 0 Å². The quantitative estimate of drug-likeness (QED) is 0.632. The molecule has 0 fully saturated rings. The molecular formula is C9H13ClO2. The van der Waals surface area contributed by atoms with Gasteiger partial charge in [-0.3, -0.25) is 0 Å². The van der Waals surface area contributed by atoms with Crippen molar-refractivity contribution in [2.75, 3.05) is 20.1 Å². The lowest BCUT2D eigenvalue weighted by molar-refractivity contribution is 0.0516. The van der Waals surface area contributed by atoms with Crippen molar-refractivity contribution in [2.24, 2.45) is 0 Å². The first-order valence-electron chi connectivity index (χ1n) is 3.81. The van der Waals surface area contributed by atoms with E-state index in [0.29, 0.717) is 5.88 Å². The maximum absolute atomic E-state index is 5.78. The van der Waals surface area contributed by atoms with Gasteiger partial charge in [-0.05, 0) is 18.2 Å². The van der Waals surface area contributed by atoms with Gasteiger partial charge < -0.3 is 9.47 Å². The number of rotatable bonds is 3. The Labute approximate surface area is 77.8 Å². The zero-order chi connectivity index (χ0) is 9.03. The van der Waals surface area contributed by atoms with Gasteiger partial charge in [0.2, 0.25) is 0 Å². The molecule has 3 heteroatoms. The summed E-state index contributed by atoms with van der Waals surface area (Å²) >= 11 is 5.78. The van der Waals surface area contributed by atoms with Gasteiger partial charge in [-0.2, -0.15) is 0 Å². The molecule has 1 aliphatic carbocycles. The molecular weight excluding hydrogens is 176 g/mol. The number of hydrogen-bond acceptors (Lipinski definition) is 2. The Kier molecular flexibility index (Phi) is 3.18. The summed E-state index contributed by atoms with van der Waals surface area (Å²) in [4.78, 5) is 0. The Hall–Kier alpha value is -0.470. The molecule has 0 saturated carbocycles. The molecule has 0 aromatic heterocycles. The molecule has 1 unspecified atom stereocenters. The van der Waals surface area contributed by atoms with Crippen LogP contribution in [0.2, 0.25) is 0 Å². The van der Waals surface area contributed by atoms with E-state index in [1.807, 2.05) is 18.2 Å². The molecule has 68 valence electrons. The molecule has 0 saturated heterocycles. The minimum absolute atomic E-state index is 0.330. The highest BCUT2D eigenvalue weighted by molar-refractivity contribution is 6.18. The van der Waals surface area contributed by atoms with Gasteiger partial charge in [0, 0.05) is 13.5 Å². The fraction of sp³-hybridized carbons (Fsp3) is 0.556.